The molecule has 0 aromatic heterocycles. The van der Waals surface area contributed by atoms with Crippen molar-refractivity contribution in [1.29, 1.82) is 0 Å². The second-order valence-corrected chi connectivity index (χ2v) is 9.32. The zero-order valence-electron chi connectivity index (χ0n) is 10.2. The van der Waals surface area contributed by atoms with Gasteiger partial charge in [-0.2, -0.15) is 13.2 Å². The number of benzene rings is 1. The van der Waals surface area contributed by atoms with Crippen molar-refractivity contribution in [2.24, 2.45) is 0 Å². The average molecular weight is 343 g/mol. The molecular formula is C12H10ClF3O2S2. The smallest absolute Gasteiger partial charge is 0.211 e. The van der Waals surface area contributed by atoms with E-state index < -0.39 is 24.9 Å². The summed E-state index contributed by atoms with van der Waals surface area (Å²) < 4.78 is 59.2. The molecule has 20 heavy (non-hydrogen) atoms. The summed E-state index contributed by atoms with van der Waals surface area (Å²) in [5.74, 6) is 0. The summed E-state index contributed by atoms with van der Waals surface area (Å²) in [7, 11) is 1.62. The molecule has 8 heteroatoms. The molecule has 1 aliphatic rings. The zero-order valence-corrected chi connectivity index (χ0v) is 12.6. The molecule has 1 aliphatic heterocycles. The van der Waals surface area contributed by atoms with Crippen LogP contribution in [0, 0.1) is 0 Å². The van der Waals surface area contributed by atoms with Crippen LogP contribution in [0.1, 0.15) is 24.5 Å². The van der Waals surface area contributed by atoms with Crippen LogP contribution in [-0.4, -0.2) is 12.5 Å². The molecule has 0 fully saturated rings. The van der Waals surface area contributed by atoms with E-state index in [1.54, 1.807) is 6.08 Å². The van der Waals surface area contributed by atoms with Gasteiger partial charge >= 0.3 is 6.18 Å². The summed E-state index contributed by atoms with van der Waals surface area (Å²) in [5.41, 5.74) is -0.190. The molecule has 0 radical (unpaired) electrons. The van der Waals surface area contributed by atoms with Gasteiger partial charge in [-0.3, -0.25) is 0 Å². The fourth-order valence-electron chi connectivity index (χ4n) is 1.74. The maximum atomic E-state index is 12.5. The van der Waals surface area contributed by atoms with E-state index in [1.165, 1.54) is 19.1 Å². The first-order valence-electron chi connectivity index (χ1n) is 5.54. The van der Waals surface area contributed by atoms with E-state index in [4.69, 9.17) is 10.7 Å². The van der Waals surface area contributed by atoms with Crippen LogP contribution in [0.25, 0.3) is 4.91 Å². The van der Waals surface area contributed by atoms with E-state index in [1.807, 2.05) is 0 Å². The molecule has 0 aliphatic carbocycles. The molecule has 0 saturated carbocycles. The Hall–Kier alpha value is -0.660. The summed E-state index contributed by atoms with van der Waals surface area (Å²) >= 11 is 1.05. The third-order valence-corrected chi connectivity index (χ3v) is 7.62. The number of halogens is 4. The van der Waals surface area contributed by atoms with Crippen LogP contribution in [0.3, 0.4) is 0 Å². The Morgan fingerprint density at radius 1 is 1.25 bits per heavy atom. The van der Waals surface area contributed by atoms with Crippen LogP contribution in [0.2, 0.25) is 0 Å². The van der Waals surface area contributed by atoms with Gasteiger partial charge in [-0.25, -0.2) is 8.42 Å². The highest BCUT2D eigenvalue weighted by Gasteiger charge is 2.42. The molecule has 0 amide bonds. The van der Waals surface area contributed by atoms with E-state index in [9.17, 15) is 21.6 Å². The van der Waals surface area contributed by atoms with Crippen LogP contribution in [0.4, 0.5) is 13.2 Å². The van der Waals surface area contributed by atoms with Crippen molar-refractivity contribution in [3.05, 3.63) is 41.5 Å². The molecule has 110 valence electrons. The standard InChI is InChI=1S/C12H10ClF3O2S2/c1-11(20(13,17)18)7-6-10(19-11)8-2-4-9(5-3-8)12(14,15)16/h2-6H,7H2,1H3. The topological polar surface area (TPSA) is 34.1 Å². The molecule has 2 nitrogen and oxygen atoms in total. The first-order chi connectivity index (χ1) is 9.03. The molecule has 1 aromatic carbocycles. The molecule has 1 unspecified atom stereocenters. The number of hydrogen-bond donors (Lipinski definition) is 0. The largest absolute Gasteiger partial charge is 0.416 e. The lowest BCUT2D eigenvalue weighted by molar-refractivity contribution is -0.137. The van der Waals surface area contributed by atoms with E-state index in [0.717, 1.165) is 23.9 Å². The number of alkyl halides is 3. The van der Waals surface area contributed by atoms with Gasteiger partial charge < -0.3 is 0 Å². The van der Waals surface area contributed by atoms with Crippen molar-refractivity contribution in [1.82, 2.24) is 0 Å². The Labute approximate surface area is 123 Å². The number of rotatable bonds is 2. The summed E-state index contributed by atoms with van der Waals surface area (Å²) in [5, 5.41) is 0. The summed E-state index contributed by atoms with van der Waals surface area (Å²) in [6.07, 6.45) is -2.49. The molecule has 1 atom stereocenters. The highest BCUT2D eigenvalue weighted by Crippen LogP contribution is 2.51. The third-order valence-electron chi connectivity index (χ3n) is 3.00. The average Bonchev–Trinajstić information content (AvgIpc) is 2.72. The van der Waals surface area contributed by atoms with E-state index >= 15 is 0 Å². The van der Waals surface area contributed by atoms with Gasteiger partial charge in [0, 0.05) is 15.6 Å². The van der Waals surface area contributed by atoms with Crippen LogP contribution in [-0.2, 0) is 15.2 Å². The van der Waals surface area contributed by atoms with Crippen LogP contribution in [0.5, 0.6) is 0 Å². The summed E-state index contributed by atoms with van der Waals surface area (Å²) in [6.45, 7) is 1.49. The Balaban J connectivity index is 2.24. The Bertz CT molecular complexity index is 650. The predicted octanol–water partition coefficient (Wildman–Crippen LogP) is 4.47. The quantitative estimate of drug-likeness (QED) is 0.744. The monoisotopic (exact) mass is 342 g/mol. The number of hydrogen-bond acceptors (Lipinski definition) is 3. The maximum absolute atomic E-state index is 12.5. The van der Waals surface area contributed by atoms with Crippen molar-refractivity contribution >= 4 is 36.4 Å². The highest BCUT2D eigenvalue weighted by molar-refractivity contribution is 8.28. The van der Waals surface area contributed by atoms with Crippen LogP contribution in [0.15, 0.2) is 30.3 Å². The van der Waals surface area contributed by atoms with Gasteiger partial charge in [0.15, 0.2) is 0 Å². The van der Waals surface area contributed by atoms with Gasteiger partial charge in [-0.05, 0) is 31.0 Å². The second kappa shape index (κ2) is 4.96. The lowest BCUT2D eigenvalue weighted by atomic mass is 10.1. The Morgan fingerprint density at radius 3 is 2.20 bits per heavy atom. The van der Waals surface area contributed by atoms with Crippen LogP contribution >= 0.6 is 22.4 Å². The lowest BCUT2D eigenvalue weighted by Crippen LogP contribution is -2.24. The first-order valence-corrected chi connectivity index (χ1v) is 8.66. The van der Waals surface area contributed by atoms with E-state index in [-0.39, 0.29) is 6.42 Å². The minimum atomic E-state index is -4.39. The van der Waals surface area contributed by atoms with Crippen molar-refractivity contribution in [3.63, 3.8) is 0 Å². The molecule has 0 N–H and O–H groups in total. The van der Waals surface area contributed by atoms with Crippen molar-refractivity contribution < 1.29 is 21.6 Å². The van der Waals surface area contributed by atoms with E-state index in [0.29, 0.717) is 10.5 Å². The minimum Gasteiger partial charge on any atom is -0.211 e. The molecule has 2 rings (SSSR count). The predicted molar refractivity (Wildman–Crippen MR) is 74.8 cm³/mol. The third kappa shape index (κ3) is 2.99. The van der Waals surface area contributed by atoms with Gasteiger partial charge in [0.2, 0.25) is 9.05 Å². The van der Waals surface area contributed by atoms with Gasteiger partial charge in [-0.1, -0.05) is 18.2 Å². The molecular weight excluding hydrogens is 333 g/mol. The van der Waals surface area contributed by atoms with Crippen molar-refractivity contribution in [2.45, 2.75) is 23.6 Å². The summed E-state index contributed by atoms with van der Waals surface area (Å²) in [4.78, 5) is 0.616. The fourth-order valence-corrected chi connectivity index (χ4v) is 4.22. The Kier molecular flexibility index (Phi) is 3.90. The number of allylic oxidation sites excluding steroid dienone is 1. The van der Waals surface area contributed by atoms with E-state index in [2.05, 4.69) is 0 Å². The van der Waals surface area contributed by atoms with Gasteiger partial charge in [0.1, 0.15) is 4.08 Å². The molecule has 0 saturated heterocycles. The normalized spacial score (nSPS) is 23.8. The van der Waals surface area contributed by atoms with Crippen LogP contribution < -0.4 is 0 Å². The molecule has 0 spiro atoms. The molecule has 1 aromatic rings. The van der Waals surface area contributed by atoms with Gasteiger partial charge in [0.05, 0.1) is 5.56 Å². The van der Waals surface area contributed by atoms with Crippen molar-refractivity contribution in [3.8, 4) is 0 Å². The molecule has 1 heterocycles. The van der Waals surface area contributed by atoms with Crippen molar-refractivity contribution in [2.75, 3.05) is 0 Å². The lowest BCUT2D eigenvalue weighted by Gasteiger charge is -2.19. The maximum Gasteiger partial charge on any atom is 0.416 e. The fraction of sp³-hybridized carbons (Fsp3) is 0.333. The SMILES string of the molecule is CC1(S(=O)(=O)Cl)CC=C(c2ccc(C(F)(F)F)cc2)S1. The number of thioether (sulfide) groups is 1. The first kappa shape index (κ1) is 15.7. The Morgan fingerprint density at radius 2 is 1.80 bits per heavy atom. The van der Waals surface area contributed by atoms with Gasteiger partial charge in [0.25, 0.3) is 0 Å². The van der Waals surface area contributed by atoms with Gasteiger partial charge in [-0.15, -0.1) is 11.8 Å². The second-order valence-electron chi connectivity index (χ2n) is 4.52. The minimum absolute atomic E-state index is 0.222. The zero-order chi connectivity index (χ0) is 15.2. The highest BCUT2D eigenvalue weighted by atomic mass is 35.7. The molecule has 0 bridgehead atoms. The summed E-state index contributed by atoms with van der Waals surface area (Å²) in [6, 6.07) is 4.60.